The monoisotopic (exact) mass is 421 g/mol. The molecule has 4 rings (SSSR count). The van der Waals surface area contributed by atoms with E-state index < -0.39 is 4.92 Å². The number of nitro groups is 1. The zero-order valence-corrected chi connectivity index (χ0v) is 16.6. The predicted octanol–water partition coefficient (Wildman–Crippen LogP) is 4.07. The normalized spacial score (nSPS) is 10.9. The SMILES string of the molecule is Cc1cc(-c2nc3cnccc3c(=O)n2NCc2ccc(Cl)cc2)ccc1[N+](=O)[O-]. The Morgan fingerprint density at radius 1 is 1.17 bits per heavy atom. The van der Waals surface area contributed by atoms with Gasteiger partial charge in [-0.1, -0.05) is 23.7 Å². The van der Waals surface area contributed by atoms with E-state index in [1.54, 1.807) is 37.3 Å². The van der Waals surface area contributed by atoms with Gasteiger partial charge in [-0.3, -0.25) is 19.9 Å². The maximum absolute atomic E-state index is 13.2. The van der Waals surface area contributed by atoms with Crippen molar-refractivity contribution in [3.05, 3.63) is 97.5 Å². The van der Waals surface area contributed by atoms with Gasteiger partial charge in [-0.25, -0.2) is 9.66 Å². The number of nitro benzene ring substituents is 1. The Labute approximate surface area is 175 Å². The Balaban J connectivity index is 1.84. The minimum Gasteiger partial charge on any atom is -0.317 e. The van der Waals surface area contributed by atoms with Crippen molar-refractivity contribution in [3.63, 3.8) is 0 Å². The lowest BCUT2D eigenvalue weighted by Crippen LogP contribution is -2.31. The number of aryl methyl sites for hydroxylation is 1. The molecular weight excluding hydrogens is 406 g/mol. The minimum atomic E-state index is -0.442. The predicted molar refractivity (Wildman–Crippen MR) is 115 cm³/mol. The molecule has 0 aliphatic rings. The van der Waals surface area contributed by atoms with E-state index >= 15 is 0 Å². The van der Waals surface area contributed by atoms with Crippen LogP contribution in [-0.4, -0.2) is 19.6 Å². The summed E-state index contributed by atoms with van der Waals surface area (Å²) in [5.74, 6) is 0.340. The van der Waals surface area contributed by atoms with Crippen molar-refractivity contribution in [1.82, 2.24) is 14.6 Å². The fourth-order valence-corrected chi connectivity index (χ4v) is 3.28. The summed E-state index contributed by atoms with van der Waals surface area (Å²) in [4.78, 5) is 32.5. The number of aromatic nitrogens is 3. The first-order valence-corrected chi connectivity index (χ1v) is 9.42. The smallest absolute Gasteiger partial charge is 0.280 e. The first kappa shape index (κ1) is 19.5. The van der Waals surface area contributed by atoms with Crippen LogP contribution in [0.2, 0.25) is 5.02 Å². The second kappa shape index (κ2) is 7.92. The first-order chi connectivity index (χ1) is 14.4. The van der Waals surface area contributed by atoms with Gasteiger partial charge in [0, 0.05) is 28.4 Å². The van der Waals surface area contributed by atoms with Crippen molar-refractivity contribution in [1.29, 1.82) is 0 Å². The molecule has 0 aliphatic heterocycles. The summed E-state index contributed by atoms with van der Waals surface area (Å²) in [5, 5.41) is 12.2. The number of hydrogen-bond donors (Lipinski definition) is 1. The van der Waals surface area contributed by atoms with Crippen LogP contribution in [0, 0.1) is 17.0 Å². The Kier molecular flexibility index (Phi) is 5.16. The molecule has 0 saturated carbocycles. The van der Waals surface area contributed by atoms with E-state index in [0.29, 0.717) is 39.4 Å². The van der Waals surface area contributed by atoms with Crippen LogP contribution in [0.15, 0.2) is 65.7 Å². The fraction of sp³-hybridized carbons (Fsp3) is 0.0952. The molecule has 2 aromatic heterocycles. The number of nitrogens with one attached hydrogen (secondary N) is 1. The maximum Gasteiger partial charge on any atom is 0.280 e. The molecule has 0 spiro atoms. The molecule has 0 radical (unpaired) electrons. The number of fused-ring (bicyclic) bond motifs is 1. The highest BCUT2D eigenvalue weighted by molar-refractivity contribution is 6.30. The van der Waals surface area contributed by atoms with Crippen LogP contribution in [0.1, 0.15) is 11.1 Å². The number of nitrogens with zero attached hydrogens (tertiary/aromatic N) is 4. The van der Waals surface area contributed by atoms with Crippen molar-refractivity contribution in [2.24, 2.45) is 0 Å². The van der Waals surface area contributed by atoms with Gasteiger partial charge in [0.25, 0.3) is 11.2 Å². The maximum atomic E-state index is 13.2. The van der Waals surface area contributed by atoms with Crippen molar-refractivity contribution < 1.29 is 4.92 Å². The second-order valence-electron chi connectivity index (χ2n) is 6.69. The van der Waals surface area contributed by atoms with Crippen LogP contribution >= 0.6 is 11.6 Å². The summed E-state index contributed by atoms with van der Waals surface area (Å²) < 4.78 is 1.36. The van der Waals surface area contributed by atoms with Crippen molar-refractivity contribution in [2.75, 3.05) is 5.43 Å². The van der Waals surface area contributed by atoms with Gasteiger partial charge in [0.2, 0.25) is 0 Å². The van der Waals surface area contributed by atoms with E-state index in [1.165, 1.54) is 23.1 Å². The number of halogens is 1. The third kappa shape index (κ3) is 3.72. The average molecular weight is 422 g/mol. The molecular formula is C21H16ClN5O3. The topological polar surface area (TPSA) is 103 Å². The van der Waals surface area contributed by atoms with Crippen molar-refractivity contribution in [3.8, 4) is 11.4 Å². The van der Waals surface area contributed by atoms with Gasteiger partial charge in [-0.2, -0.15) is 0 Å². The highest BCUT2D eigenvalue weighted by Gasteiger charge is 2.16. The van der Waals surface area contributed by atoms with Crippen LogP contribution in [0.3, 0.4) is 0 Å². The van der Waals surface area contributed by atoms with E-state index in [1.807, 2.05) is 12.1 Å². The van der Waals surface area contributed by atoms with Gasteiger partial charge in [-0.15, -0.1) is 0 Å². The van der Waals surface area contributed by atoms with Crippen LogP contribution in [0.25, 0.3) is 22.3 Å². The van der Waals surface area contributed by atoms with Gasteiger partial charge in [0.15, 0.2) is 5.82 Å². The van der Waals surface area contributed by atoms with E-state index in [2.05, 4.69) is 15.4 Å². The average Bonchev–Trinajstić information content (AvgIpc) is 2.74. The fourth-order valence-electron chi connectivity index (χ4n) is 3.15. The molecule has 2 aromatic carbocycles. The number of pyridine rings is 1. The molecule has 0 fully saturated rings. The van der Waals surface area contributed by atoms with E-state index in [-0.39, 0.29) is 11.2 Å². The molecule has 0 saturated heterocycles. The van der Waals surface area contributed by atoms with Crippen LogP contribution in [-0.2, 0) is 6.54 Å². The molecule has 0 amide bonds. The third-order valence-electron chi connectivity index (χ3n) is 4.68. The van der Waals surface area contributed by atoms with E-state index in [9.17, 15) is 14.9 Å². The van der Waals surface area contributed by atoms with Gasteiger partial charge in [0.05, 0.1) is 28.6 Å². The summed E-state index contributed by atoms with van der Waals surface area (Å²) in [7, 11) is 0. The van der Waals surface area contributed by atoms with Gasteiger partial charge < -0.3 is 5.43 Å². The number of hydrogen-bond acceptors (Lipinski definition) is 6. The molecule has 0 atom stereocenters. The molecule has 8 nitrogen and oxygen atoms in total. The molecule has 4 aromatic rings. The Morgan fingerprint density at radius 2 is 1.93 bits per heavy atom. The molecule has 0 unspecified atom stereocenters. The van der Waals surface area contributed by atoms with Crippen molar-refractivity contribution >= 4 is 28.2 Å². The van der Waals surface area contributed by atoms with Gasteiger partial charge in [-0.05, 0) is 42.8 Å². The Hall–Kier alpha value is -3.78. The summed E-state index contributed by atoms with van der Waals surface area (Å²) >= 11 is 5.94. The Bertz CT molecular complexity index is 1320. The summed E-state index contributed by atoms with van der Waals surface area (Å²) in [6.45, 7) is 2.00. The van der Waals surface area contributed by atoms with Crippen LogP contribution in [0.4, 0.5) is 5.69 Å². The quantitative estimate of drug-likeness (QED) is 0.385. The molecule has 0 aliphatic carbocycles. The molecule has 9 heteroatoms. The lowest BCUT2D eigenvalue weighted by atomic mass is 10.1. The van der Waals surface area contributed by atoms with Gasteiger partial charge >= 0.3 is 0 Å². The third-order valence-corrected chi connectivity index (χ3v) is 4.93. The molecule has 1 N–H and O–H groups in total. The first-order valence-electron chi connectivity index (χ1n) is 9.04. The highest BCUT2D eigenvalue weighted by Crippen LogP contribution is 2.25. The van der Waals surface area contributed by atoms with Crippen LogP contribution < -0.4 is 11.0 Å². The van der Waals surface area contributed by atoms with E-state index in [0.717, 1.165) is 5.56 Å². The van der Waals surface area contributed by atoms with Crippen molar-refractivity contribution in [2.45, 2.75) is 13.5 Å². The Morgan fingerprint density at radius 3 is 2.63 bits per heavy atom. The zero-order valence-electron chi connectivity index (χ0n) is 15.9. The molecule has 2 heterocycles. The molecule has 30 heavy (non-hydrogen) atoms. The summed E-state index contributed by atoms with van der Waals surface area (Å²) in [6.07, 6.45) is 3.05. The minimum absolute atomic E-state index is 0.00391. The zero-order chi connectivity index (χ0) is 21.3. The number of rotatable bonds is 5. The largest absolute Gasteiger partial charge is 0.317 e. The molecule has 0 bridgehead atoms. The van der Waals surface area contributed by atoms with Crippen LogP contribution in [0.5, 0.6) is 0 Å². The lowest BCUT2D eigenvalue weighted by molar-refractivity contribution is -0.385. The summed E-state index contributed by atoms with van der Waals surface area (Å²) in [6, 6.07) is 13.5. The standard InChI is InChI=1S/C21H16ClN5O3/c1-13-10-15(4-7-19(13)27(29)30)20-25-18-12-23-9-8-17(18)21(28)26(20)24-11-14-2-5-16(22)6-3-14/h2-10,12,24H,11H2,1H3. The van der Waals surface area contributed by atoms with Gasteiger partial charge in [0.1, 0.15) is 0 Å². The summed E-state index contributed by atoms with van der Waals surface area (Å²) in [5.41, 5.74) is 5.24. The number of benzene rings is 2. The second-order valence-corrected chi connectivity index (χ2v) is 7.12. The van der Waals surface area contributed by atoms with E-state index in [4.69, 9.17) is 11.6 Å². The highest BCUT2D eigenvalue weighted by atomic mass is 35.5. The lowest BCUT2D eigenvalue weighted by Gasteiger charge is -2.16. The molecule has 150 valence electrons.